The SMILES string of the molecule is Cc1ccc(C)c(Cn2c(=O)n(CCCCCC(=O)Nc3ccccc3)c(=O)c3sccc32)c1. The normalized spacial score (nSPS) is 11.1. The van der Waals surface area contributed by atoms with Gasteiger partial charge in [-0.3, -0.25) is 18.7 Å². The fourth-order valence-electron chi connectivity index (χ4n) is 4.10. The Hall–Kier alpha value is -3.45. The number of carbonyl (C=O) groups is 1. The topological polar surface area (TPSA) is 73.1 Å². The van der Waals surface area contributed by atoms with Crippen LogP contribution in [-0.2, 0) is 17.9 Å². The van der Waals surface area contributed by atoms with Gasteiger partial charge in [-0.05, 0) is 61.4 Å². The second kappa shape index (κ2) is 10.7. The molecular formula is C27H29N3O3S. The summed E-state index contributed by atoms with van der Waals surface area (Å²) in [7, 11) is 0. The van der Waals surface area contributed by atoms with Gasteiger partial charge in [-0.15, -0.1) is 11.3 Å². The van der Waals surface area contributed by atoms with Crippen LogP contribution < -0.4 is 16.6 Å². The number of amides is 1. The molecule has 4 rings (SSSR count). The van der Waals surface area contributed by atoms with E-state index in [9.17, 15) is 14.4 Å². The molecule has 2 heterocycles. The molecule has 0 aliphatic carbocycles. The van der Waals surface area contributed by atoms with Crippen molar-refractivity contribution in [2.75, 3.05) is 5.32 Å². The van der Waals surface area contributed by atoms with Crippen molar-refractivity contribution in [1.29, 1.82) is 0 Å². The lowest BCUT2D eigenvalue weighted by Crippen LogP contribution is -2.40. The maximum Gasteiger partial charge on any atom is 0.331 e. The summed E-state index contributed by atoms with van der Waals surface area (Å²) in [5.74, 6) is -0.0285. The Bertz CT molecular complexity index is 1420. The number of carbonyl (C=O) groups excluding carboxylic acids is 1. The number of fused-ring (bicyclic) bond motifs is 1. The molecule has 0 unspecified atom stereocenters. The fourth-order valence-corrected chi connectivity index (χ4v) is 4.94. The number of aromatic nitrogens is 2. The molecule has 2 aromatic heterocycles. The van der Waals surface area contributed by atoms with Crippen molar-refractivity contribution < 1.29 is 4.79 Å². The van der Waals surface area contributed by atoms with Crippen molar-refractivity contribution in [2.45, 2.75) is 52.6 Å². The van der Waals surface area contributed by atoms with Crippen LogP contribution in [0.1, 0.15) is 42.4 Å². The lowest BCUT2D eigenvalue weighted by molar-refractivity contribution is -0.116. The number of benzene rings is 2. The van der Waals surface area contributed by atoms with Gasteiger partial charge in [0.15, 0.2) is 0 Å². The number of hydrogen-bond acceptors (Lipinski definition) is 4. The van der Waals surface area contributed by atoms with Crippen molar-refractivity contribution in [1.82, 2.24) is 9.13 Å². The number of thiophene rings is 1. The number of rotatable bonds is 9. The van der Waals surface area contributed by atoms with E-state index in [2.05, 4.69) is 23.5 Å². The van der Waals surface area contributed by atoms with Crippen LogP contribution in [0, 0.1) is 13.8 Å². The van der Waals surface area contributed by atoms with Crippen LogP contribution in [-0.4, -0.2) is 15.0 Å². The molecule has 0 spiro atoms. The first kappa shape index (κ1) is 23.7. The summed E-state index contributed by atoms with van der Waals surface area (Å²) in [6.45, 7) is 4.85. The maximum atomic E-state index is 13.3. The molecule has 0 radical (unpaired) electrons. The third kappa shape index (κ3) is 5.37. The Balaban J connectivity index is 1.44. The zero-order chi connectivity index (χ0) is 24.1. The standard InChI is InChI=1S/C27H29N3O3S/c1-19-12-13-20(2)21(17-19)18-30-23-14-16-34-25(23)26(32)29(27(30)33)15-8-4-7-11-24(31)28-22-9-5-3-6-10-22/h3,5-6,9-10,12-14,16-17H,4,7-8,11,15,18H2,1-2H3,(H,28,31). The van der Waals surface area contributed by atoms with Crippen molar-refractivity contribution in [3.05, 3.63) is 97.5 Å². The third-order valence-electron chi connectivity index (χ3n) is 6.01. The zero-order valence-corrected chi connectivity index (χ0v) is 20.4. The summed E-state index contributed by atoms with van der Waals surface area (Å²) in [6, 6.07) is 17.4. The van der Waals surface area contributed by atoms with E-state index in [-0.39, 0.29) is 17.2 Å². The molecule has 6 nitrogen and oxygen atoms in total. The Morgan fingerprint density at radius 2 is 1.74 bits per heavy atom. The quantitative estimate of drug-likeness (QED) is 0.343. The fraction of sp³-hybridized carbons (Fsp3) is 0.296. The molecule has 1 N–H and O–H groups in total. The average Bonchev–Trinajstić information content (AvgIpc) is 3.31. The monoisotopic (exact) mass is 475 g/mol. The summed E-state index contributed by atoms with van der Waals surface area (Å²) in [4.78, 5) is 38.5. The highest BCUT2D eigenvalue weighted by Gasteiger charge is 2.15. The van der Waals surface area contributed by atoms with E-state index < -0.39 is 0 Å². The second-order valence-electron chi connectivity index (χ2n) is 8.62. The minimum absolute atomic E-state index is 0.0285. The smallest absolute Gasteiger partial charge is 0.326 e. The number of para-hydroxylation sites is 1. The van der Waals surface area contributed by atoms with Crippen LogP contribution in [0.5, 0.6) is 0 Å². The molecule has 0 saturated heterocycles. The van der Waals surface area contributed by atoms with Crippen LogP contribution in [0.2, 0.25) is 0 Å². The van der Waals surface area contributed by atoms with Crippen molar-refractivity contribution in [3.8, 4) is 0 Å². The van der Waals surface area contributed by atoms with Gasteiger partial charge in [-0.1, -0.05) is 48.4 Å². The number of anilines is 1. The van der Waals surface area contributed by atoms with Gasteiger partial charge in [0.05, 0.1) is 12.1 Å². The van der Waals surface area contributed by atoms with Crippen molar-refractivity contribution in [3.63, 3.8) is 0 Å². The Morgan fingerprint density at radius 3 is 2.53 bits per heavy atom. The van der Waals surface area contributed by atoms with Gasteiger partial charge in [0, 0.05) is 18.7 Å². The van der Waals surface area contributed by atoms with Gasteiger partial charge >= 0.3 is 5.69 Å². The van der Waals surface area contributed by atoms with Crippen molar-refractivity contribution >= 4 is 33.1 Å². The number of nitrogens with zero attached hydrogens (tertiary/aromatic N) is 2. The zero-order valence-electron chi connectivity index (χ0n) is 19.5. The van der Waals surface area contributed by atoms with E-state index in [4.69, 9.17) is 0 Å². The summed E-state index contributed by atoms with van der Waals surface area (Å²) in [5, 5.41) is 4.74. The first-order chi connectivity index (χ1) is 16.4. The Kier molecular flexibility index (Phi) is 7.43. The average molecular weight is 476 g/mol. The molecule has 0 saturated carbocycles. The molecular weight excluding hydrogens is 446 g/mol. The Morgan fingerprint density at radius 1 is 0.941 bits per heavy atom. The predicted molar refractivity (Wildman–Crippen MR) is 139 cm³/mol. The molecule has 34 heavy (non-hydrogen) atoms. The molecule has 4 aromatic rings. The summed E-state index contributed by atoms with van der Waals surface area (Å²) in [5.41, 5.74) is 4.30. The highest BCUT2D eigenvalue weighted by Crippen LogP contribution is 2.18. The highest BCUT2D eigenvalue weighted by molar-refractivity contribution is 7.17. The lowest BCUT2D eigenvalue weighted by Gasteiger charge is -2.14. The number of aryl methyl sites for hydroxylation is 2. The molecule has 0 atom stereocenters. The van der Waals surface area contributed by atoms with Gasteiger partial charge in [-0.25, -0.2) is 4.79 Å². The summed E-state index contributed by atoms with van der Waals surface area (Å²) >= 11 is 1.37. The van der Waals surface area contributed by atoms with E-state index >= 15 is 0 Å². The number of hydrogen-bond donors (Lipinski definition) is 1. The summed E-state index contributed by atoms with van der Waals surface area (Å²) < 4.78 is 3.67. The van der Waals surface area contributed by atoms with Crippen molar-refractivity contribution in [2.24, 2.45) is 0 Å². The largest absolute Gasteiger partial charge is 0.331 e. The molecule has 1 amide bonds. The van der Waals surface area contributed by atoms with E-state index in [1.54, 1.807) is 4.57 Å². The first-order valence-electron chi connectivity index (χ1n) is 11.6. The van der Waals surface area contributed by atoms with Crippen LogP contribution >= 0.6 is 11.3 Å². The first-order valence-corrected chi connectivity index (χ1v) is 12.4. The minimum Gasteiger partial charge on any atom is -0.326 e. The maximum absolute atomic E-state index is 13.3. The molecule has 0 bridgehead atoms. The van der Waals surface area contributed by atoms with Crippen LogP contribution in [0.3, 0.4) is 0 Å². The van der Waals surface area contributed by atoms with E-state index in [1.165, 1.54) is 15.9 Å². The second-order valence-corrected chi connectivity index (χ2v) is 9.53. The van der Waals surface area contributed by atoms with Gasteiger partial charge < -0.3 is 5.32 Å². The van der Waals surface area contributed by atoms with Crippen LogP contribution in [0.15, 0.2) is 69.6 Å². The minimum atomic E-state index is -0.279. The van der Waals surface area contributed by atoms with E-state index in [0.29, 0.717) is 42.6 Å². The van der Waals surface area contributed by atoms with Gasteiger partial charge in [-0.2, -0.15) is 0 Å². The molecule has 0 fully saturated rings. The molecule has 2 aromatic carbocycles. The molecule has 0 aliphatic heterocycles. The molecule has 0 aliphatic rings. The van der Waals surface area contributed by atoms with E-state index in [0.717, 1.165) is 28.8 Å². The molecule has 176 valence electrons. The number of nitrogens with one attached hydrogen (secondary N) is 1. The van der Waals surface area contributed by atoms with Crippen LogP contribution in [0.4, 0.5) is 5.69 Å². The number of unbranched alkanes of at least 4 members (excludes halogenated alkanes) is 2. The highest BCUT2D eigenvalue weighted by atomic mass is 32.1. The lowest BCUT2D eigenvalue weighted by atomic mass is 10.1. The van der Waals surface area contributed by atoms with Gasteiger partial charge in [0.2, 0.25) is 5.91 Å². The Labute approximate surface area is 202 Å². The summed E-state index contributed by atoms with van der Waals surface area (Å²) in [6.07, 6.45) is 2.53. The van der Waals surface area contributed by atoms with Crippen LogP contribution in [0.25, 0.3) is 10.2 Å². The predicted octanol–water partition coefficient (Wildman–Crippen LogP) is 5.09. The van der Waals surface area contributed by atoms with Gasteiger partial charge in [0.25, 0.3) is 5.56 Å². The van der Waals surface area contributed by atoms with Gasteiger partial charge in [0.1, 0.15) is 4.70 Å². The third-order valence-corrected chi connectivity index (χ3v) is 6.90. The van der Waals surface area contributed by atoms with E-state index in [1.807, 2.05) is 55.6 Å². The molecule has 7 heteroatoms.